The minimum atomic E-state index is -0.381. The highest BCUT2D eigenvalue weighted by molar-refractivity contribution is 5.36. The molecular formula is C16H19N3O2. The van der Waals surface area contributed by atoms with Gasteiger partial charge in [0.1, 0.15) is 0 Å². The summed E-state index contributed by atoms with van der Waals surface area (Å²) in [4.78, 5) is 12.6. The van der Waals surface area contributed by atoms with Crippen molar-refractivity contribution in [3.05, 3.63) is 75.8 Å². The van der Waals surface area contributed by atoms with Crippen LogP contribution in [0.25, 0.3) is 0 Å². The number of nitro benzene ring substituents is 1. The average Bonchev–Trinajstić information content (AvgIpc) is 2.49. The van der Waals surface area contributed by atoms with Gasteiger partial charge >= 0.3 is 0 Å². The first-order valence-corrected chi connectivity index (χ1v) is 6.80. The second-order valence-electron chi connectivity index (χ2n) is 5.00. The van der Waals surface area contributed by atoms with Crippen molar-refractivity contribution in [3.63, 3.8) is 0 Å². The molecule has 0 fully saturated rings. The fourth-order valence-corrected chi connectivity index (χ4v) is 2.40. The number of nitrogens with two attached hydrogens (primary N) is 1. The summed E-state index contributed by atoms with van der Waals surface area (Å²) < 4.78 is 0. The fourth-order valence-electron chi connectivity index (χ4n) is 2.40. The van der Waals surface area contributed by atoms with Crippen LogP contribution in [0, 0.1) is 10.1 Å². The summed E-state index contributed by atoms with van der Waals surface area (Å²) in [5.74, 6) is 0. The Morgan fingerprint density at radius 1 is 1.19 bits per heavy atom. The highest BCUT2D eigenvalue weighted by Gasteiger charge is 2.18. The van der Waals surface area contributed by atoms with Gasteiger partial charge in [0.15, 0.2) is 0 Å². The first kappa shape index (κ1) is 15.2. The molecule has 2 aromatic carbocycles. The summed E-state index contributed by atoms with van der Waals surface area (Å²) in [6.45, 7) is 1.15. The van der Waals surface area contributed by atoms with Crippen molar-refractivity contribution in [1.29, 1.82) is 0 Å². The highest BCUT2D eigenvalue weighted by Crippen LogP contribution is 2.23. The third-order valence-corrected chi connectivity index (χ3v) is 3.50. The molecule has 110 valence electrons. The van der Waals surface area contributed by atoms with Crippen molar-refractivity contribution in [1.82, 2.24) is 4.90 Å². The number of hydrogen-bond acceptors (Lipinski definition) is 4. The topological polar surface area (TPSA) is 72.4 Å². The Kier molecular flexibility index (Phi) is 5.03. The van der Waals surface area contributed by atoms with Gasteiger partial charge < -0.3 is 5.73 Å². The monoisotopic (exact) mass is 285 g/mol. The van der Waals surface area contributed by atoms with Gasteiger partial charge in [0, 0.05) is 31.3 Å². The van der Waals surface area contributed by atoms with Crippen LogP contribution >= 0.6 is 0 Å². The van der Waals surface area contributed by atoms with Crippen molar-refractivity contribution in [2.45, 2.75) is 12.6 Å². The maximum Gasteiger partial charge on any atom is 0.269 e. The molecule has 0 amide bonds. The number of nitro groups is 1. The van der Waals surface area contributed by atoms with E-state index in [2.05, 4.69) is 17.0 Å². The van der Waals surface area contributed by atoms with E-state index in [1.165, 1.54) is 11.6 Å². The average molecular weight is 285 g/mol. The van der Waals surface area contributed by atoms with Crippen LogP contribution in [0.2, 0.25) is 0 Å². The Morgan fingerprint density at radius 2 is 1.90 bits per heavy atom. The van der Waals surface area contributed by atoms with Crippen molar-refractivity contribution < 1.29 is 4.92 Å². The fraction of sp³-hybridized carbons (Fsp3) is 0.250. The number of non-ortho nitro benzene ring substituents is 1. The lowest BCUT2D eigenvalue weighted by atomic mass is 10.0. The number of nitrogens with zero attached hydrogens (tertiary/aromatic N) is 2. The molecule has 0 radical (unpaired) electrons. The Labute approximate surface area is 124 Å². The lowest BCUT2D eigenvalue weighted by molar-refractivity contribution is -0.384. The SMILES string of the molecule is CN(Cc1ccccc1)C(CN)c1cccc([N+](=O)[O-])c1. The van der Waals surface area contributed by atoms with Gasteiger partial charge in [-0.05, 0) is 18.2 Å². The Hall–Kier alpha value is -2.24. The third-order valence-electron chi connectivity index (χ3n) is 3.50. The van der Waals surface area contributed by atoms with Crippen LogP contribution in [-0.2, 0) is 6.54 Å². The second-order valence-corrected chi connectivity index (χ2v) is 5.00. The Morgan fingerprint density at radius 3 is 2.52 bits per heavy atom. The summed E-state index contributed by atoms with van der Waals surface area (Å²) in [6.07, 6.45) is 0. The van der Waals surface area contributed by atoms with Gasteiger partial charge in [-0.1, -0.05) is 42.5 Å². The Balaban J connectivity index is 2.18. The minimum Gasteiger partial charge on any atom is -0.329 e. The maximum absolute atomic E-state index is 10.9. The van der Waals surface area contributed by atoms with Gasteiger partial charge in [-0.3, -0.25) is 15.0 Å². The molecular weight excluding hydrogens is 266 g/mol. The second kappa shape index (κ2) is 6.97. The molecule has 1 unspecified atom stereocenters. The van der Waals surface area contributed by atoms with Crippen LogP contribution in [0.3, 0.4) is 0 Å². The third kappa shape index (κ3) is 3.87. The Bertz CT molecular complexity index is 601. The number of benzene rings is 2. The molecule has 0 aliphatic heterocycles. The predicted octanol–water partition coefficient (Wildman–Crippen LogP) is 2.73. The van der Waals surface area contributed by atoms with Crippen molar-refractivity contribution in [3.8, 4) is 0 Å². The summed E-state index contributed by atoms with van der Waals surface area (Å²) in [6, 6.07) is 16.7. The predicted molar refractivity (Wildman–Crippen MR) is 82.8 cm³/mol. The molecule has 0 heterocycles. The van der Waals surface area contributed by atoms with Crippen LogP contribution in [0.15, 0.2) is 54.6 Å². The normalized spacial score (nSPS) is 12.3. The van der Waals surface area contributed by atoms with Crippen molar-refractivity contribution in [2.75, 3.05) is 13.6 Å². The van der Waals surface area contributed by atoms with Gasteiger partial charge in [0.25, 0.3) is 5.69 Å². The molecule has 5 nitrogen and oxygen atoms in total. The zero-order valence-corrected chi connectivity index (χ0v) is 12.0. The molecule has 2 aromatic rings. The number of hydrogen-bond donors (Lipinski definition) is 1. The van der Waals surface area contributed by atoms with Gasteiger partial charge in [0.2, 0.25) is 0 Å². The molecule has 5 heteroatoms. The van der Waals surface area contributed by atoms with E-state index in [4.69, 9.17) is 5.73 Å². The van der Waals surface area contributed by atoms with Gasteiger partial charge in [-0.25, -0.2) is 0 Å². The van der Waals surface area contributed by atoms with E-state index >= 15 is 0 Å². The summed E-state index contributed by atoms with van der Waals surface area (Å²) in [5.41, 5.74) is 8.02. The summed E-state index contributed by atoms with van der Waals surface area (Å²) in [7, 11) is 1.98. The quantitative estimate of drug-likeness (QED) is 0.654. The lowest BCUT2D eigenvalue weighted by Crippen LogP contribution is -2.30. The smallest absolute Gasteiger partial charge is 0.269 e. The molecule has 2 N–H and O–H groups in total. The number of likely N-dealkylation sites (N-methyl/N-ethyl adjacent to an activating group) is 1. The largest absolute Gasteiger partial charge is 0.329 e. The summed E-state index contributed by atoms with van der Waals surface area (Å²) in [5, 5.41) is 10.9. The highest BCUT2D eigenvalue weighted by atomic mass is 16.6. The minimum absolute atomic E-state index is 0.0508. The first-order valence-electron chi connectivity index (χ1n) is 6.80. The molecule has 2 rings (SSSR count). The maximum atomic E-state index is 10.9. The molecule has 0 bridgehead atoms. The van der Waals surface area contributed by atoms with Gasteiger partial charge in [-0.15, -0.1) is 0 Å². The van der Waals surface area contributed by atoms with Crippen LogP contribution in [0.4, 0.5) is 5.69 Å². The standard InChI is InChI=1S/C16H19N3O2/c1-18(12-13-6-3-2-4-7-13)16(11-17)14-8-5-9-15(10-14)19(20)21/h2-10,16H,11-12,17H2,1H3. The molecule has 0 aromatic heterocycles. The van der Waals surface area contributed by atoms with Crippen LogP contribution in [0.1, 0.15) is 17.2 Å². The van der Waals surface area contributed by atoms with E-state index in [0.29, 0.717) is 6.54 Å². The summed E-state index contributed by atoms with van der Waals surface area (Å²) >= 11 is 0. The van der Waals surface area contributed by atoms with E-state index in [0.717, 1.165) is 12.1 Å². The first-order chi connectivity index (χ1) is 10.1. The molecule has 0 saturated carbocycles. The van der Waals surface area contributed by atoms with Gasteiger partial charge in [-0.2, -0.15) is 0 Å². The van der Waals surface area contributed by atoms with Crippen LogP contribution in [0.5, 0.6) is 0 Å². The molecule has 1 atom stereocenters. The van der Waals surface area contributed by atoms with Crippen molar-refractivity contribution in [2.24, 2.45) is 5.73 Å². The van der Waals surface area contributed by atoms with Gasteiger partial charge in [0.05, 0.1) is 4.92 Å². The van der Waals surface area contributed by atoms with E-state index in [1.54, 1.807) is 12.1 Å². The zero-order chi connectivity index (χ0) is 15.2. The number of rotatable bonds is 6. The van der Waals surface area contributed by atoms with Crippen molar-refractivity contribution >= 4 is 5.69 Å². The molecule has 21 heavy (non-hydrogen) atoms. The molecule has 0 aliphatic rings. The lowest BCUT2D eigenvalue weighted by Gasteiger charge is -2.27. The zero-order valence-electron chi connectivity index (χ0n) is 12.0. The van der Waals surface area contributed by atoms with E-state index in [1.807, 2.05) is 31.3 Å². The van der Waals surface area contributed by atoms with E-state index in [9.17, 15) is 10.1 Å². The molecule has 0 aliphatic carbocycles. The van der Waals surface area contributed by atoms with Crippen LogP contribution < -0.4 is 5.73 Å². The molecule has 0 saturated heterocycles. The van der Waals surface area contributed by atoms with Crippen LogP contribution in [-0.4, -0.2) is 23.4 Å². The molecule has 0 spiro atoms. The van der Waals surface area contributed by atoms with E-state index in [-0.39, 0.29) is 16.7 Å². The van der Waals surface area contributed by atoms with E-state index < -0.39 is 0 Å².